The van der Waals surface area contributed by atoms with E-state index in [4.69, 9.17) is 9.47 Å². The Bertz CT molecular complexity index is 1020. The van der Waals surface area contributed by atoms with Crippen molar-refractivity contribution in [2.75, 3.05) is 13.2 Å². The standard InChI is InChI=1S/C19H15FN2O5/c20-15-6-4-12(10-14(15)19-26-8-9-27-19)18(23)13-5-3-11-2-1-7-21-16(11)17(13)22(24)25/h1-7,10,18-19,23H,8-9H2. The molecule has 1 N–H and O–H groups in total. The van der Waals surface area contributed by atoms with Gasteiger partial charge in [0.05, 0.1) is 23.7 Å². The van der Waals surface area contributed by atoms with Crippen LogP contribution in [-0.4, -0.2) is 28.2 Å². The van der Waals surface area contributed by atoms with Crippen LogP contribution in [0, 0.1) is 15.9 Å². The lowest BCUT2D eigenvalue weighted by atomic mass is 9.96. The molecule has 138 valence electrons. The molecule has 0 radical (unpaired) electrons. The van der Waals surface area contributed by atoms with Crippen LogP contribution in [0.4, 0.5) is 10.1 Å². The second-order valence-corrected chi connectivity index (χ2v) is 6.09. The number of pyridine rings is 1. The largest absolute Gasteiger partial charge is 0.383 e. The average Bonchev–Trinajstić information content (AvgIpc) is 3.21. The first-order chi connectivity index (χ1) is 13.1. The van der Waals surface area contributed by atoms with Crippen molar-refractivity contribution in [3.63, 3.8) is 0 Å². The molecular formula is C19H15FN2O5. The summed E-state index contributed by atoms with van der Waals surface area (Å²) in [7, 11) is 0. The number of nitro benzene ring substituents is 1. The third kappa shape index (κ3) is 3.14. The van der Waals surface area contributed by atoms with Crippen molar-refractivity contribution >= 4 is 16.6 Å². The van der Waals surface area contributed by atoms with Gasteiger partial charge in [0, 0.05) is 17.1 Å². The maximum absolute atomic E-state index is 14.1. The van der Waals surface area contributed by atoms with Crippen molar-refractivity contribution in [1.29, 1.82) is 0 Å². The third-order valence-corrected chi connectivity index (χ3v) is 4.47. The van der Waals surface area contributed by atoms with E-state index in [1.807, 2.05) is 0 Å². The molecular weight excluding hydrogens is 355 g/mol. The monoisotopic (exact) mass is 370 g/mol. The molecule has 1 aliphatic rings. The molecule has 3 aromatic rings. The summed E-state index contributed by atoms with van der Waals surface area (Å²) in [5.41, 5.74) is 0.426. The molecule has 4 rings (SSSR count). The first-order valence-corrected chi connectivity index (χ1v) is 8.29. The highest BCUT2D eigenvalue weighted by Crippen LogP contribution is 2.36. The number of nitrogens with zero attached hydrogens (tertiary/aromatic N) is 2. The van der Waals surface area contributed by atoms with Crippen LogP contribution >= 0.6 is 0 Å². The first kappa shape index (κ1) is 17.5. The van der Waals surface area contributed by atoms with Crippen molar-refractivity contribution in [3.8, 4) is 0 Å². The van der Waals surface area contributed by atoms with E-state index in [1.165, 1.54) is 30.5 Å². The van der Waals surface area contributed by atoms with Crippen LogP contribution in [0.2, 0.25) is 0 Å². The summed E-state index contributed by atoms with van der Waals surface area (Å²) in [5, 5.41) is 23.0. The Balaban J connectivity index is 1.81. The number of nitro groups is 1. The fourth-order valence-electron chi connectivity index (χ4n) is 3.19. The first-order valence-electron chi connectivity index (χ1n) is 8.29. The molecule has 0 saturated carbocycles. The molecule has 7 nitrogen and oxygen atoms in total. The van der Waals surface area contributed by atoms with E-state index >= 15 is 0 Å². The van der Waals surface area contributed by atoms with Crippen molar-refractivity contribution in [1.82, 2.24) is 4.98 Å². The Hall–Kier alpha value is -2.94. The number of aliphatic hydroxyl groups is 1. The summed E-state index contributed by atoms with van der Waals surface area (Å²) in [5.74, 6) is -0.535. The Kier molecular flexibility index (Phi) is 4.53. The molecule has 1 saturated heterocycles. The van der Waals surface area contributed by atoms with Gasteiger partial charge in [0.1, 0.15) is 17.4 Å². The molecule has 0 bridgehead atoms. The van der Waals surface area contributed by atoms with Crippen LogP contribution in [0.1, 0.15) is 29.1 Å². The van der Waals surface area contributed by atoms with E-state index < -0.39 is 23.1 Å². The molecule has 0 amide bonds. The number of fused-ring (bicyclic) bond motifs is 1. The summed E-state index contributed by atoms with van der Waals surface area (Å²) < 4.78 is 24.8. The lowest BCUT2D eigenvalue weighted by Gasteiger charge is -2.16. The molecule has 2 aromatic carbocycles. The highest BCUT2D eigenvalue weighted by atomic mass is 19.1. The maximum Gasteiger partial charge on any atom is 0.301 e. The maximum atomic E-state index is 14.1. The van der Waals surface area contributed by atoms with Gasteiger partial charge in [-0.25, -0.2) is 9.37 Å². The lowest BCUT2D eigenvalue weighted by Crippen LogP contribution is -2.08. The van der Waals surface area contributed by atoms with Crippen LogP contribution in [0.25, 0.3) is 10.9 Å². The number of hydrogen-bond acceptors (Lipinski definition) is 6. The fourth-order valence-corrected chi connectivity index (χ4v) is 3.19. The van der Waals surface area contributed by atoms with Gasteiger partial charge >= 0.3 is 5.69 Å². The summed E-state index contributed by atoms with van der Waals surface area (Å²) in [4.78, 5) is 15.2. The molecule has 27 heavy (non-hydrogen) atoms. The second-order valence-electron chi connectivity index (χ2n) is 6.09. The average molecular weight is 370 g/mol. The zero-order valence-corrected chi connectivity index (χ0v) is 14.0. The zero-order valence-electron chi connectivity index (χ0n) is 14.0. The number of rotatable bonds is 4. The Labute approximate surface area is 153 Å². The van der Waals surface area contributed by atoms with Gasteiger partial charge < -0.3 is 14.6 Å². The van der Waals surface area contributed by atoms with Gasteiger partial charge in [-0.1, -0.05) is 18.2 Å². The van der Waals surface area contributed by atoms with Crippen molar-refractivity contribution < 1.29 is 23.9 Å². The minimum absolute atomic E-state index is 0.0806. The molecule has 1 atom stereocenters. The number of aromatic nitrogens is 1. The number of halogens is 1. The highest BCUT2D eigenvalue weighted by molar-refractivity contribution is 5.88. The Morgan fingerprint density at radius 1 is 1.22 bits per heavy atom. The molecule has 1 fully saturated rings. The van der Waals surface area contributed by atoms with Gasteiger partial charge in [-0.15, -0.1) is 0 Å². The van der Waals surface area contributed by atoms with Gasteiger partial charge in [0.2, 0.25) is 0 Å². The van der Waals surface area contributed by atoms with Gasteiger partial charge in [-0.05, 0) is 29.8 Å². The number of benzene rings is 2. The minimum atomic E-state index is -1.34. The molecule has 8 heteroatoms. The summed E-state index contributed by atoms with van der Waals surface area (Å²) in [6.07, 6.45) is -0.737. The van der Waals surface area contributed by atoms with E-state index in [0.717, 1.165) is 0 Å². The molecule has 2 heterocycles. The van der Waals surface area contributed by atoms with Crippen LogP contribution in [-0.2, 0) is 9.47 Å². The molecule has 0 aliphatic carbocycles. The molecule has 1 aliphatic heterocycles. The Morgan fingerprint density at radius 3 is 2.74 bits per heavy atom. The third-order valence-electron chi connectivity index (χ3n) is 4.47. The van der Waals surface area contributed by atoms with E-state index in [2.05, 4.69) is 4.98 Å². The van der Waals surface area contributed by atoms with Crippen LogP contribution in [0.5, 0.6) is 0 Å². The predicted molar refractivity (Wildman–Crippen MR) is 93.5 cm³/mol. The molecule has 0 spiro atoms. The van der Waals surface area contributed by atoms with Crippen molar-refractivity contribution in [3.05, 3.63) is 81.3 Å². The van der Waals surface area contributed by atoms with Crippen molar-refractivity contribution in [2.45, 2.75) is 12.4 Å². The quantitative estimate of drug-likeness (QED) is 0.559. The number of ether oxygens (including phenoxy) is 2. The topological polar surface area (TPSA) is 94.7 Å². The summed E-state index contributed by atoms with van der Waals surface area (Å²) in [6.45, 7) is 0.692. The van der Waals surface area contributed by atoms with E-state index in [9.17, 15) is 19.6 Å². The zero-order chi connectivity index (χ0) is 19.0. The van der Waals surface area contributed by atoms with Gasteiger partial charge in [0.25, 0.3) is 0 Å². The van der Waals surface area contributed by atoms with Gasteiger partial charge in [-0.3, -0.25) is 10.1 Å². The SMILES string of the molecule is O=[N+]([O-])c1c(C(O)c2ccc(F)c(C3OCCO3)c2)ccc2cccnc12. The summed E-state index contributed by atoms with van der Waals surface area (Å²) in [6, 6.07) is 10.5. The van der Waals surface area contributed by atoms with Crippen LogP contribution in [0.3, 0.4) is 0 Å². The second kappa shape index (κ2) is 6.99. The van der Waals surface area contributed by atoms with E-state index in [-0.39, 0.29) is 22.3 Å². The normalized spacial score (nSPS) is 15.9. The van der Waals surface area contributed by atoms with Gasteiger partial charge in [-0.2, -0.15) is 0 Å². The predicted octanol–water partition coefficient (Wildman–Crippen LogP) is 3.41. The highest BCUT2D eigenvalue weighted by Gasteiger charge is 2.28. The van der Waals surface area contributed by atoms with Gasteiger partial charge in [0.15, 0.2) is 6.29 Å². The number of hydrogen-bond donors (Lipinski definition) is 1. The van der Waals surface area contributed by atoms with E-state index in [0.29, 0.717) is 24.2 Å². The van der Waals surface area contributed by atoms with E-state index in [1.54, 1.807) is 18.2 Å². The fraction of sp³-hybridized carbons (Fsp3) is 0.211. The van der Waals surface area contributed by atoms with Crippen LogP contribution in [0.15, 0.2) is 48.7 Å². The smallest absolute Gasteiger partial charge is 0.301 e. The van der Waals surface area contributed by atoms with Crippen LogP contribution < -0.4 is 0 Å². The number of aliphatic hydroxyl groups excluding tert-OH is 1. The molecule has 1 unspecified atom stereocenters. The lowest BCUT2D eigenvalue weighted by molar-refractivity contribution is -0.384. The Morgan fingerprint density at radius 2 is 2.00 bits per heavy atom. The molecule has 1 aromatic heterocycles. The summed E-state index contributed by atoms with van der Waals surface area (Å²) >= 11 is 0. The minimum Gasteiger partial charge on any atom is -0.383 e. The van der Waals surface area contributed by atoms with Crippen molar-refractivity contribution in [2.24, 2.45) is 0 Å².